The molecule has 1 saturated carbocycles. The minimum Gasteiger partial charge on any atom is -0.245 e. The van der Waals surface area contributed by atoms with Gasteiger partial charge in [-0.2, -0.15) is 10.4 Å². The molecule has 0 bridgehead atoms. The van der Waals surface area contributed by atoms with Crippen LogP contribution < -0.4 is 0 Å². The van der Waals surface area contributed by atoms with Crippen molar-refractivity contribution >= 4 is 0 Å². The molecule has 1 aliphatic rings. The minimum atomic E-state index is 0.101. The summed E-state index contributed by atoms with van der Waals surface area (Å²) in [5.41, 5.74) is 0. The third-order valence-electron chi connectivity index (χ3n) is 3.84. The summed E-state index contributed by atoms with van der Waals surface area (Å²) in [4.78, 5) is 4.56. The molecule has 0 radical (unpaired) electrons. The van der Waals surface area contributed by atoms with Crippen LogP contribution in [-0.2, 0) is 12.8 Å². The number of aromatic nitrogens is 3. The van der Waals surface area contributed by atoms with Gasteiger partial charge < -0.3 is 0 Å². The average molecular weight is 246 g/mol. The van der Waals surface area contributed by atoms with Gasteiger partial charge in [0.15, 0.2) is 5.82 Å². The number of hydrogen-bond acceptors (Lipinski definition) is 3. The van der Waals surface area contributed by atoms with Crippen molar-refractivity contribution in [2.24, 2.45) is 5.92 Å². The van der Waals surface area contributed by atoms with E-state index in [2.05, 4.69) is 34.7 Å². The molecule has 1 fully saturated rings. The lowest BCUT2D eigenvalue weighted by molar-refractivity contribution is 0.332. The number of nitriles is 1. The van der Waals surface area contributed by atoms with E-state index in [1.807, 2.05) is 0 Å². The summed E-state index contributed by atoms with van der Waals surface area (Å²) in [5.74, 6) is 2.05. The van der Waals surface area contributed by atoms with Crippen LogP contribution in [0.2, 0.25) is 0 Å². The normalized spacial score (nSPS) is 24.5. The molecule has 2 atom stereocenters. The van der Waals surface area contributed by atoms with Crippen LogP contribution in [0.15, 0.2) is 0 Å². The highest BCUT2D eigenvalue weighted by atomic mass is 15.4. The molecule has 18 heavy (non-hydrogen) atoms. The number of hydrogen-bond donors (Lipinski definition) is 0. The molecule has 1 heterocycles. The van der Waals surface area contributed by atoms with E-state index >= 15 is 0 Å². The Bertz CT molecular complexity index is 429. The van der Waals surface area contributed by atoms with Gasteiger partial charge in [-0.05, 0) is 12.8 Å². The predicted molar refractivity (Wildman–Crippen MR) is 70.0 cm³/mol. The van der Waals surface area contributed by atoms with Gasteiger partial charge in [-0.25, -0.2) is 9.67 Å². The van der Waals surface area contributed by atoms with Gasteiger partial charge in [0, 0.05) is 12.8 Å². The lowest BCUT2D eigenvalue weighted by Crippen LogP contribution is -2.20. The molecular formula is C14H22N4. The number of nitrogens with zero attached hydrogens (tertiary/aromatic N) is 4. The summed E-state index contributed by atoms with van der Waals surface area (Å²) in [7, 11) is 0. The molecule has 1 aliphatic carbocycles. The van der Waals surface area contributed by atoms with Crippen LogP contribution >= 0.6 is 0 Å². The minimum absolute atomic E-state index is 0.101. The number of aryl methyl sites for hydroxylation is 2. The van der Waals surface area contributed by atoms with Gasteiger partial charge in [-0.1, -0.05) is 33.1 Å². The fourth-order valence-corrected chi connectivity index (χ4v) is 2.79. The van der Waals surface area contributed by atoms with Gasteiger partial charge >= 0.3 is 0 Å². The molecule has 0 spiro atoms. The summed E-state index contributed by atoms with van der Waals surface area (Å²) in [6.45, 7) is 4.19. The first-order valence-electron chi connectivity index (χ1n) is 7.14. The topological polar surface area (TPSA) is 54.5 Å². The van der Waals surface area contributed by atoms with Gasteiger partial charge in [0.1, 0.15) is 5.82 Å². The summed E-state index contributed by atoms with van der Waals surface area (Å²) >= 11 is 0. The van der Waals surface area contributed by atoms with Gasteiger partial charge in [-0.3, -0.25) is 0 Å². The maximum Gasteiger partial charge on any atom is 0.150 e. The van der Waals surface area contributed by atoms with Gasteiger partial charge in [0.2, 0.25) is 0 Å². The SMILES string of the molecule is CCc1nc(CC)n(C2CCCCCC2C#N)n1. The fourth-order valence-electron chi connectivity index (χ4n) is 2.79. The molecular weight excluding hydrogens is 224 g/mol. The highest BCUT2D eigenvalue weighted by Crippen LogP contribution is 2.32. The van der Waals surface area contributed by atoms with Crippen molar-refractivity contribution in [1.29, 1.82) is 5.26 Å². The Labute approximate surface area is 109 Å². The lowest BCUT2D eigenvalue weighted by Gasteiger charge is -2.21. The van der Waals surface area contributed by atoms with Crippen molar-refractivity contribution in [2.45, 2.75) is 64.8 Å². The van der Waals surface area contributed by atoms with E-state index in [0.29, 0.717) is 0 Å². The zero-order chi connectivity index (χ0) is 13.0. The van der Waals surface area contributed by atoms with Crippen LogP contribution in [0.4, 0.5) is 0 Å². The Balaban J connectivity index is 2.32. The van der Waals surface area contributed by atoms with Crippen LogP contribution in [0.1, 0.15) is 63.6 Å². The summed E-state index contributed by atoms with van der Waals surface area (Å²) in [6.07, 6.45) is 7.44. The van der Waals surface area contributed by atoms with Gasteiger partial charge in [-0.15, -0.1) is 0 Å². The molecule has 98 valence electrons. The van der Waals surface area contributed by atoms with Crippen molar-refractivity contribution in [3.05, 3.63) is 11.6 Å². The first-order valence-corrected chi connectivity index (χ1v) is 7.14. The molecule has 0 N–H and O–H groups in total. The van der Waals surface area contributed by atoms with Gasteiger partial charge in [0.05, 0.1) is 18.0 Å². The van der Waals surface area contributed by atoms with E-state index in [1.54, 1.807) is 0 Å². The summed E-state index contributed by atoms with van der Waals surface area (Å²) < 4.78 is 2.05. The number of rotatable bonds is 3. The molecule has 1 aromatic heterocycles. The van der Waals surface area contributed by atoms with Crippen LogP contribution in [0.5, 0.6) is 0 Å². The standard InChI is InChI=1S/C14H22N4/c1-3-13-16-14(4-2)18(17-13)12-9-7-5-6-8-11(12)10-15/h11-12H,3-9H2,1-2H3. The summed E-state index contributed by atoms with van der Waals surface area (Å²) in [5, 5.41) is 14.0. The Morgan fingerprint density at radius 2 is 2.00 bits per heavy atom. The molecule has 2 unspecified atom stereocenters. The lowest BCUT2D eigenvalue weighted by atomic mass is 9.96. The maximum absolute atomic E-state index is 9.36. The van der Waals surface area contributed by atoms with Crippen LogP contribution in [0.3, 0.4) is 0 Å². The smallest absolute Gasteiger partial charge is 0.150 e. The van der Waals surface area contributed by atoms with E-state index in [4.69, 9.17) is 0 Å². The molecule has 0 saturated heterocycles. The Morgan fingerprint density at radius 1 is 1.22 bits per heavy atom. The zero-order valence-corrected chi connectivity index (χ0v) is 11.4. The second-order valence-electron chi connectivity index (χ2n) is 5.04. The van der Waals surface area contributed by atoms with Crippen LogP contribution in [0, 0.1) is 17.2 Å². The third kappa shape index (κ3) is 2.55. The van der Waals surface area contributed by atoms with E-state index in [1.165, 1.54) is 19.3 Å². The quantitative estimate of drug-likeness (QED) is 0.770. The first-order chi connectivity index (χ1) is 8.80. The second-order valence-corrected chi connectivity index (χ2v) is 5.04. The predicted octanol–water partition coefficient (Wildman–Crippen LogP) is 3.05. The average Bonchev–Trinajstić information content (AvgIpc) is 2.68. The van der Waals surface area contributed by atoms with Crippen molar-refractivity contribution in [3.63, 3.8) is 0 Å². The maximum atomic E-state index is 9.36. The van der Waals surface area contributed by atoms with E-state index in [0.717, 1.165) is 37.3 Å². The van der Waals surface area contributed by atoms with Crippen molar-refractivity contribution in [2.75, 3.05) is 0 Å². The van der Waals surface area contributed by atoms with E-state index in [-0.39, 0.29) is 12.0 Å². The van der Waals surface area contributed by atoms with E-state index < -0.39 is 0 Å². The monoisotopic (exact) mass is 246 g/mol. The van der Waals surface area contributed by atoms with Gasteiger partial charge in [0.25, 0.3) is 0 Å². The largest absolute Gasteiger partial charge is 0.245 e. The van der Waals surface area contributed by atoms with E-state index in [9.17, 15) is 5.26 Å². The molecule has 2 rings (SSSR count). The third-order valence-corrected chi connectivity index (χ3v) is 3.84. The Morgan fingerprint density at radius 3 is 2.67 bits per heavy atom. The van der Waals surface area contributed by atoms with Crippen molar-refractivity contribution in [3.8, 4) is 6.07 Å². The van der Waals surface area contributed by atoms with Crippen molar-refractivity contribution in [1.82, 2.24) is 14.8 Å². The van der Waals surface area contributed by atoms with Crippen molar-refractivity contribution < 1.29 is 0 Å². The Hall–Kier alpha value is -1.37. The summed E-state index contributed by atoms with van der Waals surface area (Å²) in [6, 6.07) is 2.72. The molecule has 4 heteroatoms. The fraction of sp³-hybridized carbons (Fsp3) is 0.786. The second kappa shape index (κ2) is 5.99. The Kier molecular flexibility index (Phi) is 4.35. The molecule has 1 aromatic rings. The highest BCUT2D eigenvalue weighted by molar-refractivity contribution is 5.00. The highest BCUT2D eigenvalue weighted by Gasteiger charge is 2.27. The molecule has 0 aliphatic heterocycles. The van der Waals surface area contributed by atoms with Crippen LogP contribution in [0.25, 0.3) is 0 Å². The molecule has 0 aromatic carbocycles. The molecule has 0 amide bonds. The molecule has 4 nitrogen and oxygen atoms in total. The van der Waals surface area contributed by atoms with Crippen LogP contribution in [-0.4, -0.2) is 14.8 Å². The first kappa shape index (κ1) is 13.1. The zero-order valence-electron chi connectivity index (χ0n) is 11.4.